The second-order valence-corrected chi connectivity index (χ2v) is 4.31. The van der Waals surface area contributed by atoms with Crippen LogP contribution in [0.5, 0.6) is 0 Å². The van der Waals surface area contributed by atoms with Gasteiger partial charge in [-0.25, -0.2) is 4.98 Å². The molecular formula is C11H14Cl2N2O2. The van der Waals surface area contributed by atoms with Crippen molar-refractivity contribution < 1.29 is 9.53 Å². The summed E-state index contributed by atoms with van der Waals surface area (Å²) in [6.45, 7) is 4.84. The number of aromatic nitrogens is 1. The third-order valence-corrected chi connectivity index (χ3v) is 2.36. The van der Waals surface area contributed by atoms with E-state index in [0.717, 1.165) is 0 Å². The molecule has 1 unspecified atom stereocenters. The molecule has 0 spiro atoms. The van der Waals surface area contributed by atoms with E-state index in [9.17, 15) is 4.79 Å². The van der Waals surface area contributed by atoms with Crippen LogP contribution in [-0.2, 0) is 4.74 Å². The lowest BCUT2D eigenvalue weighted by atomic mass is 10.2. The largest absolute Gasteiger partial charge is 0.380 e. The highest BCUT2D eigenvalue weighted by atomic mass is 35.5. The minimum absolute atomic E-state index is 0.0758. The first-order valence-corrected chi connectivity index (χ1v) is 6.00. The molecule has 1 heterocycles. The molecule has 4 nitrogen and oxygen atoms in total. The fraction of sp³-hybridized carbons (Fsp3) is 0.455. The summed E-state index contributed by atoms with van der Waals surface area (Å²) in [7, 11) is 0. The number of ether oxygens (including phenoxy) is 1. The summed E-state index contributed by atoms with van der Waals surface area (Å²) in [4.78, 5) is 15.6. The second kappa shape index (κ2) is 6.79. The molecule has 17 heavy (non-hydrogen) atoms. The summed E-state index contributed by atoms with van der Waals surface area (Å²) in [5.74, 6) is -0.247. The van der Waals surface area contributed by atoms with Gasteiger partial charge in [0.05, 0.1) is 6.61 Å². The number of rotatable bonds is 5. The molecule has 94 valence electrons. The van der Waals surface area contributed by atoms with Crippen LogP contribution >= 0.6 is 23.2 Å². The Hall–Kier alpha value is -0.840. The molecule has 0 aliphatic carbocycles. The molecule has 1 N–H and O–H groups in total. The van der Waals surface area contributed by atoms with Crippen molar-refractivity contribution in [3.05, 3.63) is 28.0 Å². The molecule has 0 radical (unpaired) electrons. The first-order valence-electron chi connectivity index (χ1n) is 5.24. The first-order chi connectivity index (χ1) is 8.02. The predicted molar refractivity (Wildman–Crippen MR) is 67.7 cm³/mol. The van der Waals surface area contributed by atoms with Crippen molar-refractivity contribution in [2.75, 3.05) is 13.2 Å². The van der Waals surface area contributed by atoms with Crippen molar-refractivity contribution in [2.24, 2.45) is 0 Å². The number of carbonyl (C=O) groups excluding carboxylic acids is 1. The Labute approximate surface area is 110 Å². The predicted octanol–water partition coefficient (Wildman–Crippen LogP) is 2.54. The Balaban J connectivity index is 2.63. The highest BCUT2D eigenvalue weighted by molar-refractivity contribution is 6.33. The van der Waals surface area contributed by atoms with E-state index in [4.69, 9.17) is 27.9 Å². The highest BCUT2D eigenvalue weighted by Gasteiger charge is 2.11. The van der Waals surface area contributed by atoms with Crippen LogP contribution in [0.4, 0.5) is 0 Å². The molecule has 0 saturated carbocycles. The van der Waals surface area contributed by atoms with Crippen LogP contribution in [-0.4, -0.2) is 30.1 Å². The lowest BCUT2D eigenvalue weighted by molar-refractivity contribution is 0.0872. The summed E-state index contributed by atoms with van der Waals surface area (Å²) < 4.78 is 5.20. The van der Waals surface area contributed by atoms with Gasteiger partial charge in [-0.15, -0.1) is 0 Å². The molecule has 1 aromatic rings. The summed E-state index contributed by atoms with van der Waals surface area (Å²) in [6, 6.07) is 2.86. The van der Waals surface area contributed by atoms with Gasteiger partial charge in [0.15, 0.2) is 0 Å². The van der Waals surface area contributed by atoms with Gasteiger partial charge >= 0.3 is 0 Å². The van der Waals surface area contributed by atoms with Crippen molar-refractivity contribution in [3.8, 4) is 0 Å². The van der Waals surface area contributed by atoms with E-state index in [2.05, 4.69) is 10.3 Å². The number of hydrogen-bond donors (Lipinski definition) is 1. The molecular weight excluding hydrogens is 263 g/mol. The Kier molecular flexibility index (Phi) is 5.68. The van der Waals surface area contributed by atoms with Gasteiger partial charge in [0.25, 0.3) is 5.91 Å². The fourth-order valence-corrected chi connectivity index (χ4v) is 1.70. The summed E-state index contributed by atoms with van der Waals surface area (Å²) in [6.07, 6.45) is 0. The SMILES string of the molecule is CCOCC(C)NC(=O)c1cc(Cl)nc(Cl)c1. The maximum atomic E-state index is 11.8. The first kappa shape index (κ1) is 14.2. The van der Waals surface area contributed by atoms with Gasteiger partial charge in [0.1, 0.15) is 10.3 Å². The van der Waals surface area contributed by atoms with Gasteiger partial charge in [0, 0.05) is 18.2 Å². The van der Waals surface area contributed by atoms with E-state index in [1.165, 1.54) is 12.1 Å². The van der Waals surface area contributed by atoms with Crippen molar-refractivity contribution in [2.45, 2.75) is 19.9 Å². The Morgan fingerprint density at radius 1 is 1.47 bits per heavy atom. The number of pyridine rings is 1. The third-order valence-electron chi connectivity index (χ3n) is 1.97. The van der Waals surface area contributed by atoms with E-state index in [0.29, 0.717) is 18.8 Å². The highest BCUT2D eigenvalue weighted by Crippen LogP contribution is 2.14. The van der Waals surface area contributed by atoms with Gasteiger partial charge in [-0.05, 0) is 26.0 Å². The normalized spacial score (nSPS) is 12.2. The molecule has 0 aliphatic heterocycles. The molecule has 1 rings (SSSR count). The van der Waals surface area contributed by atoms with E-state index >= 15 is 0 Å². The van der Waals surface area contributed by atoms with Gasteiger partial charge in [0.2, 0.25) is 0 Å². The lowest BCUT2D eigenvalue weighted by Gasteiger charge is -2.13. The zero-order valence-electron chi connectivity index (χ0n) is 9.67. The smallest absolute Gasteiger partial charge is 0.251 e. The second-order valence-electron chi connectivity index (χ2n) is 3.54. The quantitative estimate of drug-likeness (QED) is 0.841. The number of hydrogen-bond acceptors (Lipinski definition) is 3. The van der Waals surface area contributed by atoms with Gasteiger partial charge in [-0.1, -0.05) is 23.2 Å². The average molecular weight is 277 g/mol. The molecule has 1 atom stereocenters. The Morgan fingerprint density at radius 3 is 2.59 bits per heavy atom. The maximum absolute atomic E-state index is 11.8. The Morgan fingerprint density at radius 2 is 2.06 bits per heavy atom. The summed E-state index contributed by atoms with van der Waals surface area (Å²) >= 11 is 11.4. The zero-order valence-corrected chi connectivity index (χ0v) is 11.2. The number of nitrogens with one attached hydrogen (secondary N) is 1. The number of halogens is 2. The van der Waals surface area contributed by atoms with Crippen molar-refractivity contribution >= 4 is 29.1 Å². The van der Waals surface area contributed by atoms with Crippen molar-refractivity contribution in [1.82, 2.24) is 10.3 Å². The van der Waals surface area contributed by atoms with Crippen LogP contribution in [0.1, 0.15) is 24.2 Å². The van der Waals surface area contributed by atoms with Crippen LogP contribution in [0.15, 0.2) is 12.1 Å². The number of amides is 1. The lowest BCUT2D eigenvalue weighted by Crippen LogP contribution is -2.35. The standard InChI is InChI=1S/C11H14Cl2N2O2/c1-3-17-6-7(2)14-11(16)8-4-9(12)15-10(13)5-8/h4-5,7H,3,6H2,1-2H3,(H,14,16). The van der Waals surface area contributed by atoms with Crippen molar-refractivity contribution in [3.63, 3.8) is 0 Å². The summed E-state index contributed by atoms with van der Waals surface area (Å²) in [5, 5.41) is 3.17. The summed E-state index contributed by atoms with van der Waals surface area (Å²) in [5.41, 5.74) is 0.387. The molecule has 0 aliphatic rings. The molecule has 0 aromatic carbocycles. The van der Waals surface area contributed by atoms with Crippen LogP contribution in [0.3, 0.4) is 0 Å². The molecule has 6 heteroatoms. The van der Waals surface area contributed by atoms with Gasteiger partial charge < -0.3 is 10.1 Å². The van der Waals surface area contributed by atoms with Crippen LogP contribution in [0.2, 0.25) is 10.3 Å². The number of nitrogens with zero attached hydrogens (tertiary/aromatic N) is 1. The average Bonchev–Trinajstić information content (AvgIpc) is 2.25. The van der Waals surface area contributed by atoms with Crippen molar-refractivity contribution in [1.29, 1.82) is 0 Å². The van der Waals surface area contributed by atoms with Crippen LogP contribution < -0.4 is 5.32 Å². The molecule has 0 fully saturated rings. The maximum Gasteiger partial charge on any atom is 0.251 e. The Bertz CT molecular complexity index is 379. The third kappa shape index (κ3) is 4.89. The van der Waals surface area contributed by atoms with E-state index in [1.54, 1.807) is 0 Å². The van der Waals surface area contributed by atoms with Gasteiger partial charge in [-0.3, -0.25) is 4.79 Å². The molecule has 1 amide bonds. The minimum Gasteiger partial charge on any atom is -0.380 e. The minimum atomic E-state index is -0.247. The van der Waals surface area contributed by atoms with Gasteiger partial charge in [-0.2, -0.15) is 0 Å². The monoisotopic (exact) mass is 276 g/mol. The van der Waals surface area contributed by atoms with E-state index in [-0.39, 0.29) is 22.3 Å². The number of carbonyl (C=O) groups is 1. The molecule has 1 aromatic heterocycles. The molecule has 0 bridgehead atoms. The van der Waals surface area contributed by atoms with E-state index < -0.39 is 0 Å². The molecule has 0 saturated heterocycles. The van der Waals surface area contributed by atoms with E-state index in [1.807, 2.05) is 13.8 Å². The topological polar surface area (TPSA) is 51.2 Å². The zero-order chi connectivity index (χ0) is 12.8. The fourth-order valence-electron chi connectivity index (χ4n) is 1.24. The van der Waals surface area contributed by atoms with Crippen LogP contribution in [0.25, 0.3) is 0 Å². The van der Waals surface area contributed by atoms with Crippen LogP contribution in [0, 0.1) is 0 Å².